The summed E-state index contributed by atoms with van der Waals surface area (Å²) in [6.45, 7) is 3.67. The van der Waals surface area contributed by atoms with Crippen molar-refractivity contribution in [2.75, 3.05) is 6.61 Å². The molecule has 0 fully saturated rings. The molecule has 112 valence electrons. The van der Waals surface area contributed by atoms with Crippen LogP contribution in [0.3, 0.4) is 0 Å². The van der Waals surface area contributed by atoms with Crippen LogP contribution in [0.4, 0.5) is 0 Å². The monoisotopic (exact) mass is 308 g/mol. The molecule has 5 nitrogen and oxygen atoms in total. The second kappa shape index (κ2) is 6.74. The van der Waals surface area contributed by atoms with Gasteiger partial charge in [0.15, 0.2) is 17.8 Å². The van der Waals surface area contributed by atoms with Crippen LogP contribution in [0.2, 0.25) is 5.02 Å². The third-order valence-electron chi connectivity index (χ3n) is 3.40. The van der Waals surface area contributed by atoms with Gasteiger partial charge in [0.1, 0.15) is 0 Å². The van der Waals surface area contributed by atoms with Gasteiger partial charge in [-0.05, 0) is 25.0 Å². The number of carbonyl (C=O) groups excluding carboxylic acids is 1. The lowest BCUT2D eigenvalue weighted by atomic mass is 10.0. The van der Waals surface area contributed by atoms with Gasteiger partial charge in [0.05, 0.1) is 5.02 Å². The highest BCUT2D eigenvalue weighted by molar-refractivity contribution is 6.33. The van der Waals surface area contributed by atoms with Crippen molar-refractivity contribution in [1.29, 1.82) is 0 Å². The van der Waals surface area contributed by atoms with E-state index in [4.69, 9.17) is 21.1 Å². The topological polar surface area (TPSA) is 75.4 Å². The van der Waals surface area contributed by atoms with Crippen molar-refractivity contribution in [3.05, 3.63) is 41.4 Å². The molecular weight excluding hydrogens is 292 g/mol. The molecule has 1 aromatic heterocycles. The molecule has 0 aliphatic carbocycles. The first-order valence-electron chi connectivity index (χ1n) is 6.64. The molecule has 0 saturated carbocycles. The molecule has 0 aliphatic rings. The Hall–Kier alpha value is -1.85. The quantitative estimate of drug-likeness (QED) is 0.890. The molecule has 6 heteroatoms. The van der Waals surface area contributed by atoms with Crippen LogP contribution in [0.15, 0.2) is 35.1 Å². The fourth-order valence-corrected chi connectivity index (χ4v) is 2.04. The van der Waals surface area contributed by atoms with E-state index in [-0.39, 0.29) is 30.2 Å². The van der Waals surface area contributed by atoms with E-state index in [0.717, 1.165) is 0 Å². The predicted octanol–water partition coefficient (Wildman–Crippen LogP) is 2.74. The number of hydrogen-bond donors (Lipinski definition) is 2. The zero-order valence-electron chi connectivity index (χ0n) is 11.8. The number of benzene rings is 1. The van der Waals surface area contributed by atoms with E-state index in [1.165, 1.54) is 6.39 Å². The average Bonchev–Trinajstić information content (AvgIpc) is 2.96. The fourth-order valence-electron chi connectivity index (χ4n) is 1.82. The van der Waals surface area contributed by atoms with Gasteiger partial charge in [-0.2, -0.15) is 0 Å². The Morgan fingerprint density at radius 3 is 2.81 bits per heavy atom. The van der Waals surface area contributed by atoms with E-state index in [0.29, 0.717) is 16.3 Å². The molecule has 2 unspecified atom stereocenters. The lowest BCUT2D eigenvalue weighted by Crippen LogP contribution is -2.38. The van der Waals surface area contributed by atoms with Crippen LogP contribution in [-0.2, 0) is 0 Å². The van der Waals surface area contributed by atoms with E-state index in [9.17, 15) is 4.79 Å². The highest BCUT2D eigenvalue weighted by Gasteiger charge is 2.22. The Kier molecular flexibility index (Phi) is 4.98. The van der Waals surface area contributed by atoms with Gasteiger partial charge in [-0.15, -0.1) is 0 Å². The number of carbonyl (C=O) groups is 1. The molecule has 0 aliphatic heterocycles. The minimum atomic E-state index is -0.355. The number of rotatable bonds is 5. The summed E-state index contributed by atoms with van der Waals surface area (Å²) >= 11 is 6.12. The minimum Gasteiger partial charge on any atom is -0.443 e. The maximum absolute atomic E-state index is 12.3. The largest absolute Gasteiger partial charge is 0.443 e. The maximum atomic E-state index is 12.3. The Balaban J connectivity index is 2.25. The summed E-state index contributed by atoms with van der Waals surface area (Å²) in [7, 11) is 0. The van der Waals surface area contributed by atoms with E-state index in [1.54, 1.807) is 18.2 Å². The molecule has 2 atom stereocenters. The van der Waals surface area contributed by atoms with Crippen LogP contribution in [0.5, 0.6) is 0 Å². The number of aliphatic hydroxyl groups is 1. The molecule has 0 radical (unpaired) electrons. The summed E-state index contributed by atoms with van der Waals surface area (Å²) in [6.07, 6.45) is 1.22. The van der Waals surface area contributed by atoms with Gasteiger partial charge in [-0.1, -0.05) is 30.7 Å². The van der Waals surface area contributed by atoms with E-state index in [2.05, 4.69) is 10.3 Å². The number of nitrogens with zero attached hydrogens (tertiary/aromatic N) is 1. The normalized spacial score (nSPS) is 13.7. The highest BCUT2D eigenvalue weighted by Crippen LogP contribution is 2.29. The third kappa shape index (κ3) is 3.43. The summed E-state index contributed by atoms with van der Waals surface area (Å²) < 4.78 is 5.32. The number of aromatic nitrogens is 1. The summed E-state index contributed by atoms with van der Waals surface area (Å²) in [4.78, 5) is 16.3. The lowest BCUT2D eigenvalue weighted by molar-refractivity contribution is 0.0912. The first-order chi connectivity index (χ1) is 10.0. The number of amides is 1. The first kappa shape index (κ1) is 15.5. The standard InChI is InChI=1S/C15H17ClN2O3/c1-9(7-19)10(2)18-15(20)13-14(21-8-17-13)11-5-3-4-6-12(11)16/h3-6,8-10,19H,7H2,1-2H3,(H,18,20). The van der Waals surface area contributed by atoms with Crippen LogP contribution in [0, 0.1) is 5.92 Å². The average molecular weight is 309 g/mol. The fraction of sp³-hybridized carbons (Fsp3) is 0.333. The lowest BCUT2D eigenvalue weighted by Gasteiger charge is -2.18. The summed E-state index contributed by atoms with van der Waals surface area (Å²) in [5.41, 5.74) is 0.796. The number of aliphatic hydroxyl groups excluding tert-OH is 1. The second-order valence-electron chi connectivity index (χ2n) is 4.93. The van der Waals surface area contributed by atoms with Gasteiger partial charge in [-0.3, -0.25) is 4.79 Å². The van der Waals surface area contributed by atoms with Gasteiger partial charge >= 0.3 is 0 Å². The maximum Gasteiger partial charge on any atom is 0.274 e. The molecule has 0 spiro atoms. The zero-order valence-corrected chi connectivity index (χ0v) is 12.6. The Bertz CT molecular complexity index is 627. The molecule has 2 rings (SSSR count). The van der Waals surface area contributed by atoms with Crippen molar-refractivity contribution in [3.63, 3.8) is 0 Å². The second-order valence-corrected chi connectivity index (χ2v) is 5.34. The predicted molar refractivity (Wildman–Crippen MR) is 80.1 cm³/mol. The van der Waals surface area contributed by atoms with Crippen molar-refractivity contribution in [2.45, 2.75) is 19.9 Å². The number of oxazole rings is 1. The van der Waals surface area contributed by atoms with Crippen molar-refractivity contribution in [1.82, 2.24) is 10.3 Å². The first-order valence-corrected chi connectivity index (χ1v) is 7.02. The third-order valence-corrected chi connectivity index (χ3v) is 3.73. The van der Waals surface area contributed by atoms with E-state index in [1.807, 2.05) is 19.9 Å². The smallest absolute Gasteiger partial charge is 0.274 e. The van der Waals surface area contributed by atoms with Crippen molar-refractivity contribution in [2.24, 2.45) is 5.92 Å². The van der Waals surface area contributed by atoms with Gasteiger partial charge < -0.3 is 14.8 Å². The van der Waals surface area contributed by atoms with E-state index < -0.39 is 0 Å². The van der Waals surface area contributed by atoms with Gasteiger partial charge in [0.25, 0.3) is 5.91 Å². The SMILES string of the molecule is CC(CO)C(C)NC(=O)c1ncoc1-c1ccccc1Cl. The molecule has 1 heterocycles. The van der Waals surface area contributed by atoms with Gasteiger partial charge in [0, 0.05) is 18.2 Å². The molecule has 0 bridgehead atoms. The Morgan fingerprint density at radius 1 is 1.43 bits per heavy atom. The molecular formula is C15H17ClN2O3. The molecule has 1 amide bonds. The Labute approximate surface area is 128 Å². The summed E-state index contributed by atoms with van der Waals surface area (Å²) in [6, 6.07) is 6.91. The van der Waals surface area contributed by atoms with Gasteiger partial charge in [-0.25, -0.2) is 4.98 Å². The van der Waals surface area contributed by atoms with Crippen molar-refractivity contribution < 1.29 is 14.3 Å². The molecule has 2 aromatic rings. The molecule has 1 aromatic carbocycles. The zero-order chi connectivity index (χ0) is 15.4. The molecule has 0 saturated heterocycles. The van der Waals surface area contributed by atoms with Crippen LogP contribution < -0.4 is 5.32 Å². The van der Waals surface area contributed by atoms with Crippen LogP contribution in [0.1, 0.15) is 24.3 Å². The van der Waals surface area contributed by atoms with Crippen molar-refractivity contribution in [3.8, 4) is 11.3 Å². The van der Waals surface area contributed by atoms with Crippen LogP contribution in [-0.4, -0.2) is 28.6 Å². The van der Waals surface area contributed by atoms with Crippen LogP contribution >= 0.6 is 11.6 Å². The number of hydrogen-bond acceptors (Lipinski definition) is 4. The van der Waals surface area contributed by atoms with Crippen LogP contribution in [0.25, 0.3) is 11.3 Å². The molecule has 2 N–H and O–H groups in total. The molecule has 21 heavy (non-hydrogen) atoms. The number of halogens is 1. The van der Waals surface area contributed by atoms with Crippen molar-refractivity contribution >= 4 is 17.5 Å². The summed E-state index contributed by atoms with van der Waals surface area (Å²) in [5.74, 6) is -0.0713. The highest BCUT2D eigenvalue weighted by atomic mass is 35.5. The van der Waals surface area contributed by atoms with Gasteiger partial charge in [0.2, 0.25) is 0 Å². The minimum absolute atomic E-state index is 0.00235. The summed E-state index contributed by atoms with van der Waals surface area (Å²) in [5, 5.41) is 12.4. The van der Waals surface area contributed by atoms with E-state index >= 15 is 0 Å². The Morgan fingerprint density at radius 2 is 2.14 bits per heavy atom. The number of nitrogens with one attached hydrogen (secondary N) is 1.